The van der Waals surface area contributed by atoms with Crippen molar-refractivity contribution >= 4 is 11.8 Å². The van der Waals surface area contributed by atoms with E-state index in [4.69, 9.17) is 5.84 Å². The van der Waals surface area contributed by atoms with E-state index in [2.05, 4.69) is 0 Å². The molecule has 0 amide bonds. The fraction of sp³-hybridized carbons (Fsp3) is 0. The Hall–Kier alpha value is -1.54. The van der Waals surface area contributed by atoms with Crippen LogP contribution in [0.25, 0.3) is 6.08 Å². The Morgan fingerprint density at radius 1 is 1.08 bits per heavy atom. The van der Waals surface area contributed by atoms with E-state index >= 15 is 0 Å². The van der Waals surface area contributed by atoms with Crippen LogP contribution in [0.4, 0.5) is 5.69 Å². The summed E-state index contributed by atoms with van der Waals surface area (Å²) in [6.45, 7) is 0. The third-order valence-electron chi connectivity index (χ3n) is 1.85. The summed E-state index contributed by atoms with van der Waals surface area (Å²) in [6, 6.07) is 8.02. The van der Waals surface area contributed by atoms with Crippen molar-refractivity contribution in [2.45, 2.75) is 0 Å². The third-order valence-corrected chi connectivity index (χ3v) is 1.85. The summed E-state index contributed by atoms with van der Waals surface area (Å²) >= 11 is 0. The maximum absolute atomic E-state index is 5.75. The Kier molecular flexibility index (Phi) is 1.68. The molecule has 60 valence electrons. The third kappa shape index (κ3) is 1.12. The lowest BCUT2D eigenvalue weighted by Crippen LogP contribution is -2.24. The minimum atomic E-state index is 1.03. The number of hydrogen-bond acceptors (Lipinski definition) is 2. The molecule has 1 aromatic rings. The Balaban J connectivity index is 2.56. The molecule has 0 saturated heterocycles. The number of allylic oxidation sites excluding steroid dienone is 2. The van der Waals surface area contributed by atoms with Gasteiger partial charge in [-0.25, -0.2) is 5.84 Å². The van der Waals surface area contributed by atoms with Crippen LogP contribution in [0.1, 0.15) is 5.56 Å². The van der Waals surface area contributed by atoms with Gasteiger partial charge in [0, 0.05) is 6.20 Å². The van der Waals surface area contributed by atoms with Gasteiger partial charge in [0.1, 0.15) is 0 Å². The molecule has 1 aromatic carbocycles. The Labute approximate surface area is 71.6 Å². The lowest BCUT2D eigenvalue weighted by atomic mass is 10.1. The van der Waals surface area contributed by atoms with Crippen molar-refractivity contribution in [3.8, 4) is 0 Å². The van der Waals surface area contributed by atoms with Gasteiger partial charge >= 0.3 is 0 Å². The molecular weight excluding hydrogens is 148 g/mol. The van der Waals surface area contributed by atoms with Gasteiger partial charge in [0.05, 0.1) is 5.69 Å². The van der Waals surface area contributed by atoms with Crippen molar-refractivity contribution in [3.63, 3.8) is 0 Å². The highest BCUT2D eigenvalue weighted by atomic mass is 15.4. The highest BCUT2D eigenvalue weighted by Gasteiger charge is 2.03. The standard InChI is InChI=1S/C10H10N2/c11-12-8-4-3-6-9-5-1-2-7-10(9)12/h1-8H,11H2. The number of hydrogen-bond donors (Lipinski definition) is 1. The average molecular weight is 158 g/mol. The monoisotopic (exact) mass is 158 g/mol. The van der Waals surface area contributed by atoms with Gasteiger partial charge in [-0.1, -0.05) is 30.4 Å². The number of benzene rings is 1. The molecule has 1 aliphatic heterocycles. The fourth-order valence-corrected chi connectivity index (χ4v) is 1.25. The minimum absolute atomic E-state index is 1.03. The highest BCUT2D eigenvalue weighted by Crippen LogP contribution is 2.21. The zero-order chi connectivity index (χ0) is 8.39. The first-order valence-corrected chi connectivity index (χ1v) is 3.86. The van der Waals surface area contributed by atoms with Crippen molar-refractivity contribution in [2.75, 3.05) is 5.01 Å². The molecule has 0 radical (unpaired) electrons. The molecule has 0 fully saturated rings. The lowest BCUT2D eigenvalue weighted by Gasteiger charge is -2.14. The molecule has 2 heteroatoms. The maximum Gasteiger partial charge on any atom is 0.0640 e. The molecule has 0 saturated carbocycles. The van der Waals surface area contributed by atoms with Gasteiger partial charge < -0.3 is 0 Å². The summed E-state index contributed by atoms with van der Waals surface area (Å²) < 4.78 is 0. The molecule has 1 heterocycles. The van der Waals surface area contributed by atoms with Crippen LogP contribution in [0.2, 0.25) is 0 Å². The molecule has 0 atom stereocenters. The maximum atomic E-state index is 5.75. The van der Waals surface area contributed by atoms with Crippen molar-refractivity contribution in [1.29, 1.82) is 0 Å². The molecule has 0 unspecified atom stereocenters. The van der Waals surface area contributed by atoms with E-state index in [0.717, 1.165) is 11.3 Å². The molecule has 0 spiro atoms. The van der Waals surface area contributed by atoms with Crippen LogP contribution < -0.4 is 10.9 Å². The molecular formula is C10H10N2. The molecule has 0 aromatic heterocycles. The molecule has 2 rings (SSSR count). The molecule has 0 bridgehead atoms. The van der Waals surface area contributed by atoms with Crippen LogP contribution in [-0.4, -0.2) is 0 Å². The molecule has 0 aliphatic carbocycles. The first kappa shape index (κ1) is 7.13. The fourth-order valence-electron chi connectivity index (χ4n) is 1.25. The molecule has 2 nitrogen and oxygen atoms in total. The number of hydrazine groups is 1. The summed E-state index contributed by atoms with van der Waals surface area (Å²) in [5, 5.41) is 1.62. The van der Waals surface area contributed by atoms with Gasteiger partial charge in [0.2, 0.25) is 0 Å². The van der Waals surface area contributed by atoms with Gasteiger partial charge in [0.25, 0.3) is 0 Å². The zero-order valence-corrected chi connectivity index (χ0v) is 6.64. The smallest absolute Gasteiger partial charge is 0.0640 e. The van der Waals surface area contributed by atoms with Gasteiger partial charge in [0.15, 0.2) is 0 Å². The normalized spacial score (nSPS) is 14.2. The summed E-state index contributed by atoms with van der Waals surface area (Å²) in [5.74, 6) is 5.75. The number of nitrogens with zero attached hydrogens (tertiary/aromatic N) is 1. The summed E-state index contributed by atoms with van der Waals surface area (Å²) in [4.78, 5) is 0. The topological polar surface area (TPSA) is 29.3 Å². The average Bonchev–Trinajstić information content (AvgIpc) is 2.29. The quantitative estimate of drug-likeness (QED) is 0.584. The zero-order valence-electron chi connectivity index (χ0n) is 6.64. The molecule has 1 aliphatic rings. The number of fused-ring (bicyclic) bond motifs is 1. The second-order valence-corrected chi connectivity index (χ2v) is 2.67. The van der Waals surface area contributed by atoms with Gasteiger partial charge in [-0.05, 0) is 17.7 Å². The number of para-hydroxylation sites is 1. The van der Waals surface area contributed by atoms with Gasteiger partial charge in [-0.15, -0.1) is 0 Å². The first-order valence-electron chi connectivity index (χ1n) is 3.86. The summed E-state index contributed by atoms with van der Waals surface area (Å²) in [7, 11) is 0. The van der Waals surface area contributed by atoms with Crippen LogP contribution in [0.3, 0.4) is 0 Å². The van der Waals surface area contributed by atoms with Gasteiger partial charge in [-0.2, -0.15) is 0 Å². The largest absolute Gasteiger partial charge is 0.286 e. The Morgan fingerprint density at radius 3 is 2.83 bits per heavy atom. The van der Waals surface area contributed by atoms with E-state index in [1.165, 1.54) is 0 Å². The second-order valence-electron chi connectivity index (χ2n) is 2.67. The number of nitrogens with two attached hydrogens (primary N) is 1. The van der Waals surface area contributed by atoms with Crippen LogP contribution in [0.15, 0.2) is 42.6 Å². The molecule has 2 N–H and O–H groups in total. The number of rotatable bonds is 0. The summed E-state index contributed by atoms with van der Waals surface area (Å²) in [5.41, 5.74) is 2.17. The van der Waals surface area contributed by atoms with Crippen molar-refractivity contribution in [3.05, 3.63) is 48.2 Å². The van der Waals surface area contributed by atoms with E-state index < -0.39 is 0 Å². The van der Waals surface area contributed by atoms with Crippen molar-refractivity contribution < 1.29 is 0 Å². The lowest BCUT2D eigenvalue weighted by molar-refractivity contribution is 1.08. The Morgan fingerprint density at radius 2 is 1.92 bits per heavy atom. The minimum Gasteiger partial charge on any atom is -0.286 e. The van der Waals surface area contributed by atoms with E-state index in [0.29, 0.717) is 0 Å². The first-order chi connectivity index (χ1) is 5.88. The predicted octanol–water partition coefficient (Wildman–Crippen LogP) is 1.91. The van der Waals surface area contributed by atoms with E-state index in [9.17, 15) is 0 Å². The van der Waals surface area contributed by atoms with Crippen molar-refractivity contribution in [1.82, 2.24) is 0 Å². The van der Waals surface area contributed by atoms with Gasteiger partial charge in [-0.3, -0.25) is 5.01 Å². The van der Waals surface area contributed by atoms with Crippen LogP contribution >= 0.6 is 0 Å². The van der Waals surface area contributed by atoms with E-state index in [1.807, 2.05) is 48.7 Å². The predicted molar refractivity (Wildman–Crippen MR) is 51.3 cm³/mol. The summed E-state index contributed by atoms with van der Waals surface area (Å²) in [6.07, 6.45) is 7.77. The van der Waals surface area contributed by atoms with Crippen molar-refractivity contribution in [2.24, 2.45) is 5.84 Å². The second kappa shape index (κ2) is 2.83. The van der Waals surface area contributed by atoms with E-state index in [-0.39, 0.29) is 0 Å². The Bertz CT molecular complexity index is 339. The highest BCUT2D eigenvalue weighted by molar-refractivity contribution is 5.70. The van der Waals surface area contributed by atoms with E-state index in [1.54, 1.807) is 5.01 Å². The molecule has 12 heavy (non-hydrogen) atoms. The number of anilines is 1. The SMILES string of the molecule is NN1C=CC=Cc2ccccc21. The van der Waals surface area contributed by atoms with Crippen LogP contribution in [-0.2, 0) is 0 Å². The van der Waals surface area contributed by atoms with Crippen LogP contribution in [0, 0.1) is 0 Å². The van der Waals surface area contributed by atoms with Crippen LogP contribution in [0.5, 0.6) is 0 Å².